The predicted octanol–water partition coefficient (Wildman–Crippen LogP) is 3.66. The fraction of sp³-hybridized carbons (Fsp3) is 0.300. The van der Waals surface area contributed by atoms with Crippen LogP contribution in [0.2, 0.25) is 0 Å². The first-order valence-electron chi connectivity index (χ1n) is 9.11. The summed E-state index contributed by atoms with van der Waals surface area (Å²) in [6.45, 7) is 0.525. The van der Waals surface area contributed by atoms with Crippen molar-refractivity contribution in [1.82, 2.24) is 14.5 Å². The number of ether oxygens (including phenoxy) is 1. The molecule has 7 nitrogen and oxygen atoms in total. The highest BCUT2D eigenvalue weighted by Gasteiger charge is 2.08. The van der Waals surface area contributed by atoms with E-state index < -0.39 is 0 Å². The van der Waals surface area contributed by atoms with Crippen molar-refractivity contribution in [2.45, 2.75) is 32.2 Å². The van der Waals surface area contributed by atoms with Crippen molar-refractivity contribution < 1.29 is 9.53 Å². The number of amides is 1. The summed E-state index contributed by atoms with van der Waals surface area (Å²) >= 11 is 5.31. The summed E-state index contributed by atoms with van der Waals surface area (Å²) in [5.74, 6) is 0.298. The van der Waals surface area contributed by atoms with Gasteiger partial charge in [-0.1, -0.05) is 18.6 Å². The number of carbonyl (C=O) groups excluding carboxylic acids is 1. The predicted molar refractivity (Wildman–Crippen MR) is 111 cm³/mol. The van der Waals surface area contributed by atoms with Crippen LogP contribution in [0.4, 0.5) is 5.69 Å². The van der Waals surface area contributed by atoms with Crippen LogP contribution >= 0.6 is 12.2 Å². The highest BCUT2D eigenvalue weighted by molar-refractivity contribution is 7.71. The Bertz CT molecular complexity index is 1090. The number of unbranched alkanes of at least 4 members (excludes halogenated alkanes) is 2. The number of fused-ring (bicyclic) bond motifs is 1. The summed E-state index contributed by atoms with van der Waals surface area (Å²) in [4.78, 5) is 31.8. The number of methoxy groups -OCH3 is 1. The van der Waals surface area contributed by atoms with Gasteiger partial charge in [-0.25, -0.2) is 4.98 Å². The molecular weight excluding hydrogens is 376 g/mol. The summed E-state index contributed by atoms with van der Waals surface area (Å²) in [5.41, 5.74) is 1.22. The second-order valence-electron chi connectivity index (χ2n) is 6.35. The summed E-state index contributed by atoms with van der Waals surface area (Å²) in [6.07, 6.45) is 4.28. The number of aromatic amines is 1. The van der Waals surface area contributed by atoms with Gasteiger partial charge in [0.1, 0.15) is 5.69 Å². The van der Waals surface area contributed by atoms with Crippen LogP contribution in [-0.2, 0) is 11.3 Å². The van der Waals surface area contributed by atoms with E-state index in [9.17, 15) is 9.59 Å². The summed E-state index contributed by atoms with van der Waals surface area (Å²) in [5, 5.41) is 3.43. The highest BCUT2D eigenvalue weighted by Crippen LogP contribution is 2.20. The zero-order valence-electron chi connectivity index (χ0n) is 15.6. The fourth-order valence-corrected chi connectivity index (χ4v) is 3.28. The first kappa shape index (κ1) is 19.8. The van der Waals surface area contributed by atoms with Crippen molar-refractivity contribution in [2.75, 3.05) is 12.4 Å². The van der Waals surface area contributed by atoms with Gasteiger partial charge in [-0.05, 0) is 49.3 Å². The SMILES string of the molecule is COc1ncccc1NC(=O)CCCCCn1c(=S)[nH]c2ccccc2c1=O. The third-order valence-corrected chi connectivity index (χ3v) is 4.74. The zero-order valence-corrected chi connectivity index (χ0v) is 16.4. The molecular formula is C20H22N4O3S. The quantitative estimate of drug-likeness (QED) is 0.446. The molecule has 2 heterocycles. The number of para-hydroxylation sites is 1. The number of hydrogen-bond donors (Lipinski definition) is 2. The molecule has 2 aromatic heterocycles. The van der Waals surface area contributed by atoms with Gasteiger partial charge in [-0.15, -0.1) is 0 Å². The van der Waals surface area contributed by atoms with E-state index in [0.29, 0.717) is 41.1 Å². The van der Waals surface area contributed by atoms with E-state index in [1.54, 1.807) is 29.0 Å². The number of carbonyl (C=O) groups is 1. The molecule has 0 aliphatic heterocycles. The van der Waals surface area contributed by atoms with E-state index in [1.165, 1.54) is 7.11 Å². The average Bonchev–Trinajstić information content (AvgIpc) is 2.70. The Hall–Kier alpha value is -3.00. The minimum absolute atomic E-state index is 0.0826. The molecule has 0 bridgehead atoms. The molecule has 0 aliphatic rings. The average molecular weight is 398 g/mol. The standard InChI is InChI=1S/C20H22N4O3S/c1-27-18-16(10-7-12-21-18)22-17(25)11-3-2-6-13-24-19(26)14-8-4-5-9-15(14)23-20(24)28/h4-5,7-10,12H,2-3,6,11,13H2,1H3,(H,22,25)(H,23,28). The molecule has 0 fully saturated rings. The maximum atomic E-state index is 12.6. The van der Waals surface area contributed by atoms with Gasteiger partial charge in [0.2, 0.25) is 11.8 Å². The van der Waals surface area contributed by atoms with E-state index in [1.807, 2.05) is 18.2 Å². The van der Waals surface area contributed by atoms with E-state index in [-0.39, 0.29) is 11.5 Å². The fourth-order valence-electron chi connectivity index (χ4n) is 3.00. The molecule has 0 atom stereocenters. The van der Waals surface area contributed by atoms with Gasteiger partial charge < -0.3 is 15.0 Å². The van der Waals surface area contributed by atoms with Crippen LogP contribution in [-0.4, -0.2) is 27.6 Å². The molecule has 8 heteroatoms. The number of H-pyrrole nitrogens is 1. The van der Waals surface area contributed by atoms with E-state index >= 15 is 0 Å². The van der Waals surface area contributed by atoms with Crippen molar-refractivity contribution in [3.05, 3.63) is 57.7 Å². The van der Waals surface area contributed by atoms with Crippen molar-refractivity contribution >= 4 is 34.7 Å². The molecule has 0 radical (unpaired) electrons. The Balaban J connectivity index is 1.50. The minimum atomic E-state index is -0.0912. The molecule has 0 unspecified atom stereocenters. The second kappa shape index (κ2) is 9.27. The van der Waals surface area contributed by atoms with Gasteiger partial charge >= 0.3 is 0 Å². The Morgan fingerprint density at radius 3 is 2.86 bits per heavy atom. The molecule has 0 spiro atoms. The monoisotopic (exact) mass is 398 g/mol. The van der Waals surface area contributed by atoms with E-state index in [4.69, 9.17) is 17.0 Å². The molecule has 1 amide bonds. The molecule has 0 aliphatic carbocycles. The molecule has 3 aromatic rings. The number of hydrogen-bond acceptors (Lipinski definition) is 5. The Morgan fingerprint density at radius 1 is 1.21 bits per heavy atom. The third kappa shape index (κ3) is 4.64. The molecule has 146 valence electrons. The van der Waals surface area contributed by atoms with Crippen LogP contribution in [0.25, 0.3) is 10.9 Å². The maximum Gasteiger partial charge on any atom is 0.262 e. The third-order valence-electron chi connectivity index (χ3n) is 4.41. The van der Waals surface area contributed by atoms with Crippen LogP contribution in [0.5, 0.6) is 5.88 Å². The zero-order chi connectivity index (χ0) is 19.9. The topological polar surface area (TPSA) is 89.0 Å². The summed E-state index contributed by atoms with van der Waals surface area (Å²) in [6, 6.07) is 10.8. The normalized spacial score (nSPS) is 10.8. The number of anilines is 1. The molecule has 2 N–H and O–H groups in total. The van der Waals surface area contributed by atoms with Gasteiger partial charge in [-0.2, -0.15) is 0 Å². The number of nitrogens with zero attached hydrogens (tertiary/aromatic N) is 2. The molecule has 0 saturated carbocycles. The van der Waals surface area contributed by atoms with Crippen molar-refractivity contribution in [2.24, 2.45) is 0 Å². The minimum Gasteiger partial charge on any atom is -0.480 e. The van der Waals surface area contributed by atoms with Crippen LogP contribution < -0.4 is 15.6 Å². The van der Waals surface area contributed by atoms with Crippen LogP contribution in [0, 0.1) is 4.77 Å². The number of benzene rings is 1. The first-order valence-corrected chi connectivity index (χ1v) is 9.51. The smallest absolute Gasteiger partial charge is 0.262 e. The van der Waals surface area contributed by atoms with Crippen LogP contribution in [0.1, 0.15) is 25.7 Å². The Morgan fingerprint density at radius 2 is 2.04 bits per heavy atom. The van der Waals surface area contributed by atoms with Crippen LogP contribution in [0.15, 0.2) is 47.4 Å². The van der Waals surface area contributed by atoms with Gasteiger partial charge in [0.05, 0.1) is 18.0 Å². The number of pyridine rings is 1. The second-order valence-corrected chi connectivity index (χ2v) is 6.74. The van der Waals surface area contributed by atoms with Gasteiger partial charge in [0.15, 0.2) is 4.77 Å². The van der Waals surface area contributed by atoms with Gasteiger partial charge in [0.25, 0.3) is 5.56 Å². The first-order chi connectivity index (χ1) is 13.6. The lowest BCUT2D eigenvalue weighted by atomic mass is 10.2. The van der Waals surface area contributed by atoms with E-state index in [0.717, 1.165) is 18.4 Å². The largest absolute Gasteiger partial charge is 0.480 e. The van der Waals surface area contributed by atoms with Crippen molar-refractivity contribution in [3.63, 3.8) is 0 Å². The van der Waals surface area contributed by atoms with Crippen molar-refractivity contribution in [3.8, 4) is 5.88 Å². The summed E-state index contributed by atoms with van der Waals surface area (Å²) < 4.78 is 7.12. The molecule has 0 saturated heterocycles. The molecule has 28 heavy (non-hydrogen) atoms. The maximum absolute atomic E-state index is 12.6. The Kier molecular flexibility index (Phi) is 6.54. The Labute approximate surface area is 167 Å². The lowest BCUT2D eigenvalue weighted by molar-refractivity contribution is -0.116. The van der Waals surface area contributed by atoms with E-state index in [2.05, 4.69) is 15.3 Å². The number of aromatic nitrogens is 3. The van der Waals surface area contributed by atoms with Gasteiger partial charge in [-0.3, -0.25) is 14.2 Å². The lowest BCUT2D eigenvalue weighted by Crippen LogP contribution is -2.22. The van der Waals surface area contributed by atoms with Crippen LogP contribution in [0.3, 0.4) is 0 Å². The van der Waals surface area contributed by atoms with Gasteiger partial charge in [0, 0.05) is 19.2 Å². The van der Waals surface area contributed by atoms with Crippen molar-refractivity contribution in [1.29, 1.82) is 0 Å². The highest BCUT2D eigenvalue weighted by atomic mass is 32.1. The summed E-state index contributed by atoms with van der Waals surface area (Å²) in [7, 11) is 1.51. The number of rotatable bonds is 8. The lowest BCUT2D eigenvalue weighted by Gasteiger charge is -2.09. The molecule has 1 aromatic carbocycles. The molecule has 3 rings (SSSR count). The number of nitrogens with one attached hydrogen (secondary N) is 2.